The summed E-state index contributed by atoms with van der Waals surface area (Å²) in [6.45, 7) is 13.8. The van der Waals surface area contributed by atoms with E-state index in [1.807, 2.05) is 6.07 Å². The second-order valence-electron chi connectivity index (χ2n) is 26.1. The van der Waals surface area contributed by atoms with Gasteiger partial charge < -0.3 is 28.3 Å². The average Bonchev–Trinajstić information content (AvgIpc) is 1.85. The third kappa shape index (κ3) is 7.17. The summed E-state index contributed by atoms with van der Waals surface area (Å²) in [5.41, 5.74) is 27.7. The van der Waals surface area contributed by atoms with Crippen LogP contribution < -0.4 is 31.1 Å². The van der Waals surface area contributed by atoms with E-state index in [-0.39, 0.29) is 17.5 Å². The van der Waals surface area contributed by atoms with E-state index in [2.05, 4.69) is 314 Å². The molecule has 3 aliphatic rings. The maximum atomic E-state index is 6.47. The van der Waals surface area contributed by atoms with Crippen molar-refractivity contribution in [3.05, 3.63) is 266 Å². The number of hydrogen-bond acceptors (Lipinski definition) is 4. The number of rotatable bonds is 6. The number of furan rings is 1. The van der Waals surface area contributed by atoms with Gasteiger partial charge in [-0.25, -0.2) is 0 Å². The van der Waals surface area contributed by atoms with Crippen LogP contribution in [0, 0.1) is 0 Å². The molecule has 414 valence electrons. The summed E-state index contributed by atoms with van der Waals surface area (Å²) < 4.78 is 11.5. The predicted molar refractivity (Wildman–Crippen MR) is 367 cm³/mol. The number of para-hydroxylation sites is 6. The molecule has 6 heterocycles. The van der Waals surface area contributed by atoms with Gasteiger partial charge in [-0.1, -0.05) is 181 Å². The Bertz CT molecular complexity index is 5280. The van der Waals surface area contributed by atoms with Gasteiger partial charge in [0.2, 0.25) is 0 Å². The molecule has 7 heteroatoms. The molecule has 0 radical (unpaired) electrons. The zero-order chi connectivity index (χ0) is 58.2. The minimum atomic E-state index is -0.131. The third-order valence-corrected chi connectivity index (χ3v) is 19.1. The Labute approximate surface area is 506 Å². The maximum Gasteiger partial charge on any atom is 0.252 e. The fourth-order valence-electron chi connectivity index (χ4n) is 15.0. The molecule has 0 spiro atoms. The summed E-state index contributed by atoms with van der Waals surface area (Å²) in [7, 11) is 0. The van der Waals surface area contributed by atoms with Gasteiger partial charge in [-0.2, -0.15) is 0 Å². The van der Waals surface area contributed by atoms with E-state index in [1.54, 1.807) is 0 Å². The molecular weight excluding hydrogens is 1060 g/mol. The molecule has 0 aliphatic carbocycles. The van der Waals surface area contributed by atoms with Crippen molar-refractivity contribution < 1.29 is 4.42 Å². The highest BCUT2D eigenvalue weighted by atomic mass is 16.3. The lowest BCUT2D eigenvalue weighted by Gasteiger charge is -2.46. The van der Waals surface area contributed by atoms with Crippen LogP contribution in [0.25, 0.3) is 88.1 Å². The van der Waals surface area contributed by atoms with Gasteiger partial charge in [0.15, 0.2) is 0 Å². The van der Waals surface area contributed by atoms with Crippen molar-refractivity contribution in [1.82, 2.24) is 9.13 Å². The van der Waals surface area contributed by atoms with Crippen LogP contribution in [0.2, 0.25) is 0 Å². The van der Waals surface area contributed by atoms with Gasteiger partial charge in [0.1, 0.15) is 11.2 Å². The molecule has 0 amide bonds. The summed E-state index contributed by atoms with van der Waals surface area (Å²) in [5, 5.41) is 7.28. The van der Waals surface area contributed by atoms with Crippen molar-refractivity contribution in [2.75, 3.05) is 14.7 Å². The van der Waals surface area contributed by atoms with Crippen LogP contribution >= 0.6 is 0 Å². The molecule has 3 aromatic heterocycles. The van der Waals surface area contributed by atoms with Crippen molar-refractivity contribution in [3.8, 4) is 22.5 Å². The molecule has 18 rings (SSSR count). The lowest BCUT2D eigenvalue weighted by atomic mass is 9.33. The maximum absolute atomic E-state index is 6.47. The second-order valence-corrected chi connectivity index (χ2v) is 26.1. The summed E-state index contributed by atoms with van der Waals surface area (Å²) in [4.78, 5) is 7.64. The lowest BCUT2D eigenvalue weighted by Crippen LogP contribution is -2.61. The van der Waals surface area contributed by atoms with Crippen molar-refractivity contribution in [2.45, 2.75) is 52.4 Å². The van der Waals surface area contributed by atoms with Crippen molar-refractivity contribution in [3.63, 3.8) is 0 Å². The Morgan fingerprint density at radius 1 is 0.368 bits per heavy atom. The highest BCUT2D eigenvalue weighted by Crippen LogP contribution is 2.54. The molecule has 0 unspecified atom stereocenters. The molecule has 6 nitrogen and oxygen atoms in total. The fourth-order valence-corrected chi connectivity index (χ4v) is 15.0. The van der Waals surface area contributed by atoms with E-state index >= 15 is 0 Å². The summed E-state index contributed by atoms with van der Waals surface area (Å²) in [6.07, 6.45) is 0. The SMILES string of the molecule is CC(C)(C)c1ccc2c(c1)c1cc(C(C)(C)C)ccc1n2-c1ccc2c(c1)N(c1ccc(-c3cccc4oc5ccccc5c34)cc1)c1cc(N(c3ccccc3)c3ccccc3)cc3c1B2c1cccc2c1N3c1cccc3c4ccccc4n-2c13. The van der Waals surface area contributed by atoms with Crippen molar-refractivity contribution >= 4 is 140 Å². The molecule has 87 heavy (non-hydrogen) atoms. The molecule has 0 saturated carbocycles. The minimum Gasteiger partial charge on any atom is -0.456 e. The van der Waals surface area contributed by atoms with Crippen LogP contribution in [-0.4, -0.2) is 15.8 Å². The number of hydrogen-bond donors (Lipinski definition) is 0. The molecule has 12 aromatic carbocycles. The average molecular weight is 1120 g/mol. The highest BCUT2D eigenvalue weighted by Gasteiger charge is 2.47. The van der Waals surface area contributed by atoms with Crippen LogP contribution in [0.5, 0.6) is 0 Å². The molecule has 0 atom stereocenters. The van der Waals surface area contributed by atoms with Gasteiger partial charge in [-0.15, -0.1) is 0 Å². The van der Waals surface area contributed by atoms with Crippen LogP contribution in [0.1, 0.15) is 52.7 Å². The highest BCUT2D eigenvalue weighted by molar-refractivity contribution is 7.00. The normalized spacial score (nSPS) is 13.3. The second kappa shape index (κ2) is 18.0. The largest absolute Gasteiger partial charge is 0.456 e. The van der Waals surface area contributed by atoms with E-state index in [0.29, 0.717) is 0 Å². The first kappa shape index (κ1) is 49.9. The Kier molecular flexibility index (Phi) is 10.3. The number of anilines is 9. The van der Waals surface area contributed by atoms with Crippen molar-refractivity contribution in [1.29, 1.82) is 0 Å². The lowest BCUT2D eigenvalue weighted by molar-refractivity contribution is 0.590. The summed E-state index contributed by atoms with van der Waals surface area (Å²) in [6, 6.07) is 95.4. The van der Waals surface area contributed by atoms with E-state index in [4.69, 9.17) is 4.42 Å². The molecule has 0 fully saturated rings. The van der Waals surface area contributed by atoms with Gasteiger partial charge in [-0.05, 0) is 165 Å². The topological polar surface area (TPSA) is 32.7 Å². The summed E-state index contributed by atoms with van der Waals surface area (Å²) in [5.74, 6) is 0. The number of aromatic nitrogens is 2. The van der Waals surface area contributed by atoms with Crippen LogP contribution in [0.15, 0.2) is 259 Å². The van der Waals surface area contributed by atoms with Crippen molar-refractivity contribution in [2.24, 2.45) is 0 Å². The number of nitrogens with zero attached hydrogens (tertiary/aromatic N) is 5. The van der Waals surface area contributed by atoms with Gasteiger partial charge in [0.05, 0.1) is 44.8 Å². The van der Waals surface area contributed by atoms with Crippen LogP contribution in [0.3, 0.4) is 0 Å². The molecule has 0 bridgehead atoms. The first-order valence-electron chi connectivity index (χ1n) is 30.5. The van der Waals surface area contributed by atoms with Gasteiger partial charge in [-0.3, -0.25) is 0 Å². The minimum absolute atomic E-state index is 0.0264. The molecule has 15 aromatic rings. The quantitative estimate of drug-likeness (QED) is 0.155. The smallest absolute Gasteiger partial charge is 0.252 e. The standard InChI is InChI=1S/C80H60BN5O/c1-79(2,3)50-36-42-66-61(44-50)62-45-51(80(4,5)6)37-43-67(62)84(66)55-40-41-63-70(46-55)83(54-38-34-49(35-39-54)57-26-18-33-74-75(57)60-25-14-16-32-73(60)87-74)71-47-56(82(52-20-9-7-10-21-52)53-22-11-8-12-23-53)48-72-76(71)81(63)64-28-19-31-69-78(64)86(72)68-30-17-27-59-58-24-13-15-29-65(58)85(69)77(59)68/h7-48H,1-6H3. The van der Waals surface area contributed by atoms with Crippen LogP contribution in [0.4, 0.5) is 51.2 Å². The molecular formula is C80H60BN5O. The summed E-state index contributed by atoms with van der Waals surface area (Å²) >= 11 is 0. The number of fused-ring (bicyclic) bond motifs is 15. The first-order valence-corrected chi connectivity index (χ1v) is 30.5. The van der Waals surface area contributed by atoms with Gasteiger partial charge >= 0.3 is 0 Å². The Balaban J connectivity index is 0.950. The Morgan fingerprint density at radius 2 is 0.943 bits per heavy atom. The molecule has 3 aliphatic heterocycles. The van der Waals surface area contributed by atoms with E-state index < -0.39 is 0 Å². The van der Waals surface area contributed by atoms with E-state index in [9.17, 15) is 0 Å². The third-order valence-electron chi connectivity index (χ3n) is 19.1. The fraction of sp³-hybridized carbons (Fsp3) is 0.100. The van der Waals surface area contributed by atoms with E-state index in [0.717, 1.165) is 78.6 Å². The van der Waals surface area contributed by atoms with Crippen LogP contribution in [-0.2, 0) is 10.8 Å². The Hall–Kier alpha value is -10.5. The number of benzene rings is 12. The van der Waals surface area contributed by atoms with E-state index in [1.165, 1.54) is 88.2 Å². The first-order chi connectivity index (χ1) is 42.4. The van der Waals surface area contributed by atoms with Gasteiger partial charge in [0, 0.05) is 72.1 Å². The molecule has 0 N–H and O–H groups in total. The zero-order valence-electron chi connectivity index (χ0n) is 49.5. The predicted octanol–water partition coefficient (Wildman–Crippen LogP) is 19.9. The zero-order valence-corrected chi connectivity index (χ0v) is 49.5. The van der Waals surface area contributed by atoms with Gasteiger partial charge in [0.25, 0.3) is 6.71 Å². The Morgan fingerprint density at radius 3 is 1.64 bits per heavy atom. The monoisotopic (exact) mass is 1120 g/mol. The molecule has 0 saturated heterocycles.